The molecular weight excluding hydrogens is 497 g/mol. The molecule has 0 spiro atoms. The van der Waals surface area contributed by atoms with Gasteiger partial charge in [-0.2, -0.15) is 0 Å². The molecule has 10 heteroatoms. The quantitative estimate of drug-likeness (QED) is 0.419. The molecule has 2 aromatic rings. The van der Waals surface area contributed by atoms with Crippen LogP contribution in [-0.2, 0) is 23.9 Å². The molecular formula is C25H23Cl2NO7. The highest BCUT2D eigenvalue weighted by Gasteiger charge is 2.37. The van der Waals surface area contributed by atoms with Crippen LogP contribution in [0.1, 0.15) is 25.3 Å². The Balaban J connectivity index is 1.80. The molecule has 184 valence electrons. The van der Waals surface area contributed by atoms with Crippen LogP contribution in [0.25, 0.3) is 0 Å². The summed E-state index contributed by atoms with van der Waals surface area (Å²) in [6.07, 6.45) is 0. The number of hydrogen-bond donors (Lipinski definition) is 1. The summed E-state index contributed by atoms with van der Waals surface area (Å²) in [4.78, 5) is 37.4. The van der Waals surface area contributed by atoms with Gasteiger partial charge in [0, 0.05) is 16.4 Å². The van der Waals surface area contributed by atoms with Gasteiger partial charge in [-0.15, -0.1) is 0 Å². The highest BCUT2D eigenvalue weighted by Crippen LogP contribution is 2.39. The van der Waals surface area contributed by atoms with Crippen LogP contribution in [0.3, 0.4) is 0 Å². The average Bonchev–Trinajstić information content (AvgIpc) is 2.82. The lowest BCUT2D eigenvalue weighted by Crippen LogP contribution is -2.32. The number of carbonyl (C=O) groups excluding carboxylic acids is 3. The van der Waals surface area contributed by atoms with Crippen LogP contribution >= 0.6 is 23.2 Å². The van der Waals surface area contributed by atoms with Crippen molar-refractivity contribution in [3.8, 4) is 11.5 Å². The lowest BCUT2D eigenvalue weighted by Gasteiger charge is -2.30. The monoisotopic (exact) mass is 519 g/mol. The van der Waals surface area contributed by atoms with E-state index in [1.807, 2.05) is 0 Å². The Labute approximate surface area is 212 Å². The molecule has 0 fully saturated rings. The molecule has 1 heterocycles. The van der Waals surface area contributed by atoms with Gasteiger partial charge in [0.25, 0.3) is 0 Å². The molecule has 0 unspecified atom stereocenters. The van der Waals surface area contributed by atoms with Crippen molar-refractivity contribution < 1.29 is 33.3 Å². The van der Waals surface area contributed by atoms with Gasteiger partial charge in [0.05, 0.1) is 36.3 Å². The van der Waals surface area contributed by atoms with Crippen LogP contribution in [0.15, 0.2) is 65.0 Å². The Kier molecular flexibility index (Phi) is 8.43. The standard InChI is InChI=1S/C25H23Cl2NO7/c1-13-21(24(30)32-3)23(22(14(2)28-13)25(31)33-4)15-5-8-17(9-6-15)35-20(29)12-34-19-10-7-16(26)11-18(19)27/h5-11,23,28H,12H2,1-4H3. The van der Waals surface area contributed by atoms with E-state index in [-0.39, 0.29) is 28.5 Å². The third kappa shape index (κ3) is 5.96. The van der Waals surface area contributed by atoms with Gasteiger partial charge in [0.2, 0.25) is 0 Å². The van der Waals surface area contributed by atoms with Crippen LogP contribution in [0.4, 0.5) is 0 Å². The number of carbonyl (C=O) groups is 3. The first-order valence-electron chi connectivity index (χ1n) is 10.4. The maximum absolute atomic E-state index is 12.6. The van der Waals surface area contributed by atoms with E-state index in [4.69, 9.17) is 42.1 Å². The normalized spacial score (nSPS) is 13.8. The molecule has 8 nitrogen and oxygen atoms in total. The zero-order valence-corrected chi connectivity index (χ0v) is 21.0. The summed E-state index contributed by atoms with van der Waals surface area (Å²) < 4.78 is 20.6. The van der Waals surface area contributed by atoms with Crippen molar-refractivity contribution in [1.82, 2.24) is 5.32 Å². The Bertz CT molecular complexity index is 1180. The Morgan fingerprint density at radius 2 is 1.46 bits per heavy atom. The second-order valence-electron chi connectivity index (χ2n) is 7.53. The SMILES string of the molecule is COC(=O)C1=C(C)NC(C)=C(C(=O)OC)C1c1ccc(OC(=O)COc2ccc(Cl)cc2Cl)cc1. The fourth-order valence-corrected chi connectivity index (χ4v) is 4.17. The van der Waals surface area contributed by atoms with E-state index in [1.54, 1.807) is 50.2 Å². The highest BCUT2D eigenvalue weighted by atomic mass is 35.5. The minimum atomic E-state index is -0.740. The molecule has 0 bridgehead atoms. The van der Waals surface area contributed by atoms with Crippen molar-refractivity contribution in [1.29, 1.82) is 0 Å². The van der Waals surface area contributed by atoms with E-state index >= 15 is 0 Å². The number of rotatable bonds is 7. The molecule has 35 heavy (non-hydrogen) atoms. The first kappa shape index (κ1) is 26.1. The second-order valence-corrected chi connectivity index (χ2v) is 8.37. The first-order valence-corrected chi connectivity index (χ1v) is 11.2. The Hall–Kier alpha value is -3.49. The van der Waals surface area contributed by atoms with Crippen LogP contribution in [0.2, 0.25) is 10.0 Å². The van der Waals surface area contributed by atoms with Crippen molar-refractivity contribution in [2.45, 2.75) is 19.8 Å². The van der Waals surface area contributed by atoms with Crippen LogP contribution < -0.4 is 14.8 Å². The van der Waals surface area contributed by atoms with E-state index in [2.05, 4.69) is 5.32 Å². The number of allylic oxidation sites excluding steroid dienone is 2. The zero-order valence-electron chi connectivity index (χ0n) is 19.4. The van der Waals surface area contributed by atoms with Crippen molar-refractivity contribution in [2.75, 3.05) is 20.8 Å². The van der Waals surface area contributed by atoms with E-state index in [9.17, 15) is 14.4 Å². The predicted octanol–water partition coefficient (Wildman–Crippen LogP) is 4.56. The average molecular weight is 520 g/mol. The number of hydrogen-bond acceptors (Lipinski definition) is 8. The molecule has 0 aromatic heterocycles. The summed E-state index contributed by atoms with van der Waals surface area (Å²) >= 11 is 11.9. The van der Waals surface area contributed by atoms with Crippen LogP contribution in [-0.4, -0.2) is 38.7 Å². The van der Waals surface area contributed by atoms with Crippen LogP contribution in [0.5, 0.6) is 11.5 Å². The largest absolute Gasteiger partial charge is 0.480 e. The third-order valence-corrected chi connectivity index (χ3v) is 5.79. The molecule has 0 amide bonds. The van der Waals surface area contributed by atoms with Crippen molar-refractivity contribution >= 4 is 41.1 Å². The summed E-state index contributed by atoms with van der Waals surface area (Å²) in [5, 5.41) is 3.75. The highest BCUT2D eigenvalue weighted by molar-refractivity contribution is 6.35. The summed E-state index contributed by atoms with van der Waals surface area (Å²) in [6.45, 7) is 3.07. The second kappa shape index (κ2) is 11.3. The smallest absolute Gasteiger partial charge is 0.349 e. The first-order chi connectivity index (χ1) is 16.7. The molecule has 3 rings (SSSR count). The minimum Gasteiger partial charge on any atom is -0.480 e. The van der Waals surface area contributed by atoms with Gasteiger partial charge in [-0.3, -0.25) is 0 Å². The zero-order chi connectivity index (χ0) is 25.7. The minimum absolute atomic E-state index is 0.249. The maximum atomic E-state index is 12.6. The Morgan fingerprint density at radius 1 is 0.886 bits per heavy atom. The number of methoxy groups -OCH3 is 2. The molecule has 0 saturated carbocycles. The topological polar surface area (TPSA) is 100 Å². The fraction of sp³-hybridized carbons (Fsp3) is 0.240. The molecule has 0 saturated heterocycles. The number of halogens is 2. The van der Waals surface area contributed by atoms with Gasteiger partial charge in [-0.05, 0) is 49.7 Å². The van der Waals surface area contributed by atoms with Crippen molar-refractivity contribution in [2.24, 2.45) is 0 Å². The molecule has 2 aromatic carbocycles. The molecule has 1 aliphatic rings. The lowest BCUT2D eigenvalue weighted by atomic mass is 9.80. The molecule has 1 N–H and O–H groups in total. The molecule has 0 aliphatic carbocycles. The Morgan fingerprint density at radius 3 is 1.97 bits per heavy atom. The number of benzene rings is 2. The fourth-order valence-electron chi connectivity index (χ4n) is 3.71. The number of esters is 3. The summed E-state index contributed by atoms with van der Waals surface area (Å²) in [6, 6.07) is 11.1. The van der Waals surface area contributed by atoms with Gasteiger partial charge < -0.3 is 24.3 Å². The van der Waals surface area contributed by atoms with Gasteiger partial charge in [0.15, 0.2) is 6.61 Å². The molecule has 1 aliphatic heterocycles. The number of nitrogens with one attached hydrogen (secondary N) is 1. The molecule has 0 atom stereocenters. The summed E-state index contributed by atoms with van der Waals surface area (Å²) in [5.74, 6) is -2.01. The summed E-state index contributed by atoms with van der Waals surface area (Å²) in [5.41, 5.74) is 2.27. The van der Waals surface area contributed by atoms with Gasteiger partial charge in [-0.1, -0.05) is 35.3 Å². The third-order valence-electron chi connectivity index (χ3n) is 5.26. The van der Waals surface area contributed by atoms with Gasteiger partial charge in [0.1, 0.15) is 11.5 Å². The number of ether oxygens (including phenoxy) is 4. The lowest BCUT2D eigenvalue weighted by molar-refractivity contribution is -0.138. The molecule has 0 radical (unpaired) electrons. The van der Waals surface area contributed by atoms with E-state index < -0.39 is 23.8 Å². The van der Waals surface area contributed by atoms with Gasteiger partial charge >= 0.3 is 17.9 Å². The maximum Gasteiger partial charge on any atom is 0.349 e. The van der Waals surface area contributed by atoms with Gasteiger partial charge in [-0.25, -0.2) is 14.4 Å². The van der Waals surface area contributed by atoms with E-state index in [0.29, 0.717) is 27.7 Å². The van der Waals surface area contributed by atoms with E-state index in [0.717, 1.165) is 0 Å². The number of dihydropyridines is 1. The van der Waals surface area contributed by atoms with Crippen molar-refractivity contribution in [3.05, 3.63) is 80.6 Å². The van der Waals surface area contributed by atoms with Crippen LogP contribution in [0, 0.1) is 0 Å². The van der Waals surface area contributed by atoms with Crippen molar-refractivity contribution in [3.63, 3.8) is 0 Å². The predicted molar refractivity (Wildman–Crippen MR) is 129 cm³/mol. The van der Waals surface area contributed by atoms with E-state index in [1.165, 1.54) is 20.3 Å². The summed E-state index contributed by atoms with van der Waals surface area (Å²) in [7, 11) is 2.54.